The highest BCUT2D eigenvalue weighted by atomic mass is 32.2. The average Bonchev–Trinajstić information content (AvgIpc) is 2.49. The summed E-state index contributed by atoms with van der Waals surface area (Å²) in [6, 6.07) is 4.76. The number of halogens is 1. The normalized spacial score (nSPS) is 19.1. The Balaban J connectivity index is 2.21. The van der Waals surface area contributed by atoms with Crippen molar-refractivity contribution in [1.82, 2.24) is 4.90 Å². The van der Waals surface area contributed by atoms with Crippen LogP contribution in [0.5, 0.6) is 0 Å². The molecule has 110 valence electrons. The van der Waals surface area contributed by atoms with Gasteiger partial charge in [-0.2, -0.15) is 11.8 Å². The van der Waals surface area contributed by atoms with E-state index in [1.807, 2.05) is 11.2 Å². The largest absolute Gasteiger partial charge is 0.334 e. The Hall–Kier alpha value is -1.07. The Bertz CT molecular complexity index is 481. The lowest BCUT2D eigenvalue weighted by Crippen LogP contribution is -2.47. The maximum atomic E-state index is 13.6. The number of amides is 1. The molecule has 0 spiro atoms. The minimum atomic E-state index is -0.245. The van der Waals surface area contributed by atoms with Crippen LogP contribution >= 0.6 is 11.8 Å². The van der Waals surface area contributed by atoms with Gasteiger partial charge in [0.2, 0.25) is 0 Å². The van der Waals surface area contributed by atoms with E-state index in [1.54, 1.807) is 23.9 Å². The molecule has 1 atom stereocenters. The van der Waals surface area contributed by atoms with Crippen molar-refractivity contribution >= 4 is 17.7 Å². The molecule has 0 saturated carbocycles. The van der Waals surface area contributed by atoms with Crippen LogP contribution in [0, 0.1) is 5.82 Å². The second-order valence-electron chi connectivity index (χ2n) is 5.12. The van der Waals surface area contributed by atoms with Crippen LogP contribution < -0.4 is 5.73 Å². The van der Waals surface area contributed by atoms with Crippen LogP contribution in [-0.4, -0.2) is 36.2 Å². The van der Waals surface area contributed by atoms with Crippen molar-refractivity contribution < 1.29 is 9.18 Å². The molecule has 2 N–H and O–H groups in total. The van der Waals surface area contributed by atoms with Crippen molar-refractivity contribution in [2.45, 2.75) is 31.1 Å². The second kappa shape index (κ2) is 7.09. The molecule has 1 fully saturated rings. The maximum absolute atomic E-state index is 13.6. The van der Waals surface area contributed by atoms with Crippen LogP contribution in [0.2, 0.25) is 0 Å². The van der Waals surface area contributed by atoms with Gasteiger partial charge in [-0.1, -0.05) is 0 Å². The van der Waals surface area contributed by atoms with Crippen LogP contribution in [0.15, 0.2) is 18.2 Å². The van der Waals surface area contributed by atoms with Crippen LogP contribution in [0.25, 0.3) is 0 Å². The van der Waals surface area contributed by atoms with Crippen LogP contribution in [0.4, 0.5) is 4.39 Å². The smallest absolute Gasteiger partial charge is 0.254 e. The topological polar surface area (TPSA) is 46.3 Å². The van der Waals surface area contributed by atoms with Gasteiger partial charge in [0.15, 0.2) is 0 Å². The van der Waals surface area contributed by atoms with E-state index in [9.17, 15) is 9.18 Å². The van der Waals surface area contributed by atoms with E-state index in [-0.39, 0.29) is 17.8 Å². The Morgan fingerprint density at radius 2 is 2.30 bits per heavy atom. The van der Waals surface area contributed by atoms with Gasteiger partial charge in [-0.05, 0) is 49.3 Å². The van der Waals surface area contributed by atoms with Gasteiger partial charge in [0.1, 0.15) is 5.82 Å². The summed E-state index contributed by atoms with van der Waals surface area (Å²) in [4.78, 5) is 14.4. The van der Waals surface area contributed by atoms with Gasteiger partial charge in [-0.3, -0.25) is 4.79 Å². The third-order valence-electron chi connectivity index (χ3n) is 3.75. The highest BCUT2D eigenvalue weighted by Crippen LogP contribution is 2.21. The fraction of sp³-hybridized carbons (Fsp3) is 0.533. The summed E-state index contributed by atoms with van der Waals surface area (Å²) in [5.41, 5.74) is 6.91. The van der Waals surface area contributed by atoms with Crippen molar-refractivity contribution in [3.8, 4) is 0 Å². The molecule has 1 aromatic rings. The van der Waals surface area contributed by atoms with Crippen molar-refractivity contribution in [3.63, 3.8) is 0 Å². The van der Waals surface area contributed by atoms with Crippen LogP contribution in [0.3, 0.4) is 0 Å². The Morgan fingerprint density at radius 3 is 3.00 bits per heavy atom. The van der Waals surface area contributed by atoms with E-state index < -0.39 is 0 Å². The lowest BCUT2D eigenvalue weighted by molar-refractivity contribution is 0.0623. The van der Waals surface area contributed by atoms with Crippen molar-refractivity contribution in [1.29, 1.82) is 0 Å². The number of rotatable bonds is 4. The summed E-state index contributed by atoms with van der Waals surface area (Å²) in [6.45, 7) is 1.24. The molecule has 0 aliphatic carbocycles. The fourth-order valence-electron chi connectivity index (χ4n) is 2.65. The lowest BCUT2D eigenvalue weighted by Gasteiger charge is -2.35. The molecule has 1 heterocycles. The minimum absolute atomic E-state index is 0.0255. The standard InChI is InChI=1S/C15H21FN2OS/c1-20-10-12-8-11(5-6-14(12)16)15(19)18-7-3-2-4-13(18)9-17/h5-6,8,13H,2-4,7,9-10,17H2,1H3/t13-/m0/s1. The summed E-state index contributed by atoms with van der Waals surface area (Å²) >= 11 is 1.55. The second-order valence-corrected chi connectivity index (χ2v) is 5.99. The molecule has 1 aliphatic rings. The van der Waals surface area contributed by atoms with E-state index >= 15 is 0 Å². The van der Waals surface area contributed by atoms with Gasteiger partial charge >= 0.3 is 0 Å². The summed E-state index contributed by atoms with van der Waals surface area (Å²) in [5.74, 6) is 0.306. The molecule has 0 radical (unpaired) electrons. The van der Waals surface area contributed by atoms with Crippen molar-refractivity contribution in [2.75, 3.05) is 19.3 Å². The number of carbonyl (C=O) groups excluding carboxylic acids is 1. The Labute approximate surface area is 123 Å². The number of nitrogens with two attached hydrogens (primary N) is 1. The first-order valence-electron chi connectivity index (χ1n) is 6.95. The van der Waals surface area contributed by atoms with E-state index in [0.29, 0.717) is 23.4 Å². The first-order valence-corrected chi connectivity index (χ1v) is 8.35. The van der Waals surface area contributed by atoms with Gasteiger partial charge in [-0.25, -0.2) is 4.39 Å². The first kappa shape index (κ1) is 15.3. The molecule has 1 aromatic carbocycles. The van der Waals surface area contributed by atoms with Crippen molar-refractivity contribution in [3.05, 3.63) is 35.1 Å². The van der Waals surface area contributed by atoms with Gasteiger partial charge in [-0.15, -0.1) is 0 Å². The molecule has 1 aliphatic heterocycles. The van der Waals surface area contributed by atoms with Gasteiger partial charge in [0.25, 0.3) is 5.91 Å². The molecule has 0 unspecified atom stereocenters. The molecule has 0 bridgehead atoms. The van der Waals surface area contributed by atoms with Gasteiger partial charge in [0.05, 0.1) is 0 Å². The maximum Gasteiger partial charge on any atom is 0.254 e. The summed E-state index contributed by atoms with van der Waals surface area (Å²) in [5, 5.41) is 0. The van der Waals surface area contributed by atoms with Gasteiger partial charge in [0, 0.05) is 30.4 Å². The molecule has 1 amide bonds. The third-order valence-corrected chi connectivity index (χ3v) is 4.35. The average molecular weight is 296 g/mol. The zero-order valence-electron chi connectivity index (χ0n) is 11.8. The third kappa shape index (κ3) is 3.33. The summed E-state index contributed by atoms with van der Waals surface area (Å²) in [7, 11) is 0. The number of piperidine rings is 1. The number of benzene rings is 1. The molecule has 1 saturated heterocycles. The Kier molecular flexibility index (Phi) is 5.43. The lowest BCUT2D eigenvalue weighted by atomic mass is 10.0. The highest BCUT2D eigenvalue weighted by Gasteiger charge is 2.26. The predicted octanol–water partition coefficient (Wildman–Crippen LogP) is 2.64. The highest BCUT2D eigenvalue weighted by molar-refractivity contribution is 7.97. The number of hydrogen-bond acceptors (Lipinski definition) is 3. The van der Waals surface area contributed by atoms with Crippen LogP contribution in [0.1, 0.15) is 35.2 Å². The molecular formula is C15H21FN2OS. The molecule has 5 heteroatoms. The number of hydrogen-bond donors (Lipinski definition) is 1. The van der Waals surface area contributed by atoms with Gasteiger partial charge < -0.3 is 10.6 Å². The fourth-order valence-corrected chi connectivity index (χ4v) is 3.18. The monoisotopic (exact) mass is 296 g/mol. The zero-order valence-corrected chi connectivity index (χ0v) is 12.6. The molecular weight excluding hydrogens is 275 g/mol. The number of carbonyl (C=O) groups is 1. The molecule has 0 aromatic heterocycles. The number of likely N-dealkylation sites (tertiary alicyclic amines) is 1. The van der Waals surface area contributed by atoms with E-state index in [4.69, 9.17) is 5.73 Å². The molecule has 2 rings (SSSR count). The van der Waals surface area contributed by atoms with E-state index in [0.717, 1.165) is 25.8 Å². The Morgan fingerprint density at radius 1 is 1.50 bits per heavy atom. The quantitative estimate of drug-likeness (QED) is 0.929. The summed E-state index contributed by atoms with van der Waals surface area (Å²) < 4.78 is 13.6. The number of nitrogens with zero attached hydrogens (tertiary/aromatic N) is 1. The summed E-state index contributed by atoms with van der Waals surface area (Å²) in [6.07, 6.45) is 5.01. The first-order chi connectivity index (χ1) is 9.67. The molecule has 20 heavy (non-hydrogen) atoms. The predicted molar refractivity (Wildman–Crippen MR) is 81.3 cm³/mol. The number of thioether (sulfide) groups is 1. The zero-order chi connectivity index (χ0) is 14.5. The van der Waals surface area contributed by atoms with E-state index in [2.05, 4.69) is 0 Å². The SMILES string of the molecule is CSCc1cc(C(=O)N2CCCC[C@H]2CN)ccc1F. The van der Waals surface area contributed by atoms with E-state index in [1.165, 1.54) is 6.07 Å². The molecule has 3 nitrogen and oxygen atoms in total. The van der Waals surface area contributed by atoms with Crippen LogP contribution in [-0.2, 0) is 5.75 Å². The van der Waals surface area contributed by atoms with Crippen molar-refractivity contribution in [2.24, 2.45) is 5.73 Å². The minimum Gasteiger partial charge on any atom is -0.334 e.